The molecule has 0 aromatic heterocycles. The highest BCUT2D eigenvalue weighted by atomic mass is 16.3. The van der Waals surface area contributed by atoms with Crippen LogP contribution in [0.5, 0.6) is 11.5 Å². The Morgan fingerprint density at radius 3 is 2.84 bits per heavy atom. The number of hydrogen-bond acceptors (Lipinski definition) is 4. The maximum atomic E-state index is 12.4. The number of phenolic OH excluding ortho intramolecular Hbond substituents is 2. The molecule has 2 N–H and O–H groups in total. The van der Waals surface area contributed by atoms with Crippen molar-refractivity contribution >= 4 is 5.91 Å². The summed E-state index contributed by atoms with van der Waals surface area (Å²) in [7, 11) is 3.78. The maximum Gasteiger partial charge on any atom is 0.257 e. The molecule has 5 heteroatoms. The molecule has 0 radical (unpaired) electrons. The number of hydrogen-bond donors (Lipinski definition) is 2. The van der Waals surface area contributed by atoms with E-state index in [2.05, 4.69) is 4.90 Å². The fourth-order valence-electron chi connectivity index (χ4n) is 2.52. The number of carbonyl (C=O) groups excluding carboxylic acids is 1. The number of amides is 1. The monoisotopic (exact) mass is 264 g/mol. The molecule has 0 spiro atoms. The van der Waals surface area contributed by atoms with Crippen molar-refractivity contribution in [2.24, 2.45) is 0 Å². The molecule has 1 aliphatic rings. The normalized spacial score (nSPS) is 20.2. The summed E-state index contributed by atoms with van der Waals surface area (Å²) in [6, 6.07) is 4.59. The minimum Gasteiger partial charge on any atom is -0.504 e. The van der Waals surface area contributed by atoms with Crippen molar-refractivity contribution in [1.82, 2.24) is 9.80 Å². The van der Waals surface area contributed by atoms with Gasteiger partial charge in [0.25, 0.3) is 5.91 Å². The Labute approximate surface area is 113 Å². The summed E-state index contributed by atoms with van der Waals surface area (Å²) in [5.41, 5.74) is 0.149. The summed E-state index contributed by atoms with van der Waals surface area (Å²) in [5, 5.41) is 19.2. The molecule has 1 aromatic rings. The SMILES string of the molecule is CN1CCCC(N(C)C(=O)c2cccc(O)c2O)C1. The first-order chi connectivity index (χ1) is 9.00. The predicted molar refractivity (Wildman–Crippen MR) is 72.4 cm³/mol. The number of benzene rings is 1. The van der Waals surface area contributed by atoms with E-state index >= 15 is 0 Å². The fourth-order valence-corrected chi connectivity index (χ4v) is 2.52. The molecule has 1 aromatic carbocycles. The Hall–Kier alpha value is -1.75. The molecule has 1 saturated heterocycles. The Morgan fingerprint density at radius 1 is 1.42 bits per heavy atom. The van der Waals surface area contributed by atoms with Crippen LogP contribution in [0.3, 0.4) is 0 Å². The quantitative estimate of drug-likeness (QED) is 0.789. The number of aromatic hydroxyl groups is 2. The summed E-state index contributed by atoms with van der Waals surface area (Å²) in [6.45, 7) is 1.89. The second-order valence-electron chi connectivity index (χ2n) is 5.15. The highest BCUT2D eigenvalue weighted by molar-refractivity contribution is 5.97. The number of para-hydroxylation sites is 1. The van der Waals surface area contributed by atoms with E-state index in [1.165, 1.54) is 12.1 Å². The molecule has 19 heavy (non-hydrogen) atoms. The third-order valence-electron chi connectivity index (χ3n) is 3.71. The van der Waals surface area contributed by atoms with Crippen LogP contribution in [0, 0.1) is 0 Å². The minimum atomic E-state index is -0.344. The van der Waals surface area contributed by atoms with E-state index in [1.807, 2.05) is 7.05 Å². The van der Waals surface area contributed by atoms with Gasteiger partial charge in [-0.05, 0) is 38.6 Å². The lowest BCUT2D eigenvalue weighted by molar-refractivity contribution is 0.0640. The van der Waals surface area contributed by atoms with Crippen LogP contribution in [0.15, 0.2) is 18.2 Å². The lowest BCUT2D eigenvalue weighted by atomic mass is 10.0. The number of rotatable bonds is 2. The van der Waals surface area contributed by atoms with E-state index in [0.717, 1.165) is 25.9 Å². The van der Waals surface area contributed by atoms with Gasteiger partial charge in [0.15, 0.2) is 11.5 Å². The zero-order chi connectivity index (χ0) is 14.0. The standard InChI is InChI=1S/C14H20N2O3/c1-15-8-4-5-10(9-15)16(2)14(19)11-6-3-7-12(17)13(11)18/h3,6-7,10,17-18H,4-5,8-9H2,1-2H3. The van der Waals surface area contributed by atoms with E-state index in [4.69, 9.17) is 0 Å². The molecule has 5 nitrogen and oxygen atoms in total. The van der Waals surface area contributed by atoms with Crippen LogP contribution in [-0.2, 0) is 0 Å². The largest absolute Gasteiger partial charge is 0.504 e. The number of likely N-dealkylation sites (N-methyl/N-ethyl adjacent to an activating group) is 2. The van der Waals surface area contributed by atoms with Crippen molar-refractivity contribution < 1.29 is 15.0 Å². The van der Waals surface area contributed by atoms with Gasteiger partial charge in [-0.25, -0.2) is 0 Å². The van der Waals surface area contributed by atoms with Gasteiger partial charge in [-0.2, -0.15) is 0 Å². The zero-order valence-electron chi connectivity index (χ0n) is 11.3. The molecule has 1 atom stereocenters. The number of phenols is 2. The van der Waals surface area contributed by atoms with E-state index in [1.54, 1.807) is 18.0 Å². The lowest BCUT2D eigenvalue weighted by Gasteiger charge is -2.36. The van der Waals surface area contributed by atoms with Crippen LogP contribution in [-0.4, -0.2) is 59.1 Å². The molecule has 1 amide bonds. The van der Waals surface area contributed by atoms with Gasteiger partial charge in [-0.15, -0.1) is 0 Å². The number of carbonyl (C=O) groups is 1. The van der Waals surface area contributed by atoms with Crippen LogP contribution in [0.4, 0.5) is 0 Å². The van der Waals surface area contributed by atoms with Crippen molar-refractivity contribution in [1.29, 1.82) is 0 Å². The molecule has 0 saturated carbocycles. The third kappa shape index (κ3) is 2.81. The summed E-state index contributed by atoms with van der Waals surface area (Å²) < 4.78 is 0. The van der Waals surface area contributed by atoms with Crippen molar-refractivity contribution in [3.63, 3.8) is 0 Å². The van der Waals surface area contributed by atoms with Gasteiger partial charge in [0.05, 0.1) is 5.56 Å². The lowest BCUT2D eigenvalue weighted by Crippen LogP contribution is -2.47. The fraction of sp³-hybridized carbons (Fsp3) is 0.500. The van der Waals surface area contributed by atoms with Crippen molar-refractivity contribution in [3.05, 3.63) is 23.8 Å². The summed E-state index contributed by atoms with van der Waals surface area (Å²) in [5.74, 6) is -0.864. The number of piperidine rings is 1. The second-order valence-corrected chi connectivity index (χ2v) is 5.15. The molecule has 1 heterocycles. The van der Waals surface area contributed by atoms with E-state index in [-0.39, 0.29) is 29.0 Å². The molecule has 1 unspecified atom stereocenters. The second kappa shape index (κ2) is 5.48. The van der Waals surface area contributed by atoms with Crippen LogP contribution >= 0.6 is 0 Å². The number of likely N-dealkylation sites (tertiary alicyclic amines) is 1. The average molecular weight is 264 g/mol. The molecule has 1 aliphatic heterocycles. The van der Waals surface area contributed by atoms with Crippen LogP contribution in [0.2, 0.25) is 0 Å². The zero-order valence-corrected chi connectivity index (χ0v) is 11.3. The van der Waals surface area contributed by atoms with Crippen molar-refractivity contribution in [2.45, 2.75) is 18.9 Å². The Bertz CT molecular complexity index is 476. The van der Waals surface area contributed by atoms with Gasteiger partial charge >= 0.3 is 0 Å². The van der Waals surface area contributed by atoms with Crippen LogP contribution < -0.4 is 0 Å². The van der Waals surface area contributed by atoms with Gasteiger partial charge in [-0.3, -0.25) is 4.79 Å². The Balaban J connectivity index is 2.16. The highest BCUT2D eigenvalue weighted by Crippen LogP contribution is 2.29. The van der Waals surface area contributed by atoms with Crippen molar-refractivity contribution in [3.8, 4) is 11.5 Å². The van der Waals surface area contributed by atoms with Gasteiger partial charge in [0.1, 0.15) is 0 Å². The molecule has 2 rings (SSSR count). The number of nitrogens with zero attached hydrogens (tertiary/aromatic N) is 2. The van der Waals surface area contributed by atoms with Gasteiger partial charge < -0.3 is 20.0 Å². The average Bonchev–Trinajstić information content (AvgIpc) is 2.40. The van der Waals surface area contributed by atoms with Crippen LogP contribution in [0.1, 0.15) is 23.2 Å². The van der Waals surface area contributed by atoms with E-state index in [0.29, 0.717) is 0 Å². The molecule has 0 bridgehead atoms. The van der Waals surface area contributed by atoms with Crippen molar-refractivity contribution in [2.75, 3.05) is 27.2 Å². The van der Waals surface area contributed by atoms with Gasteiger partial charge in [0.2, 0.25) is 0 Å². The van der Waals surface area contributed by atoms with E-state index < -0.39 is 0 Å². The van der Waals surface area contributed by atoms with Crippen LogP contribution in [0.25, 0.3) is 0 Å². The summed E-state index contributed by atoms with van der Waals surface area (Å²) in [4.78, 5) is 16.2. The smallest absolute Gasteiger partial charge is 0.257 e. The molecular formula is C14H20N2O3. The molecule has 104 valence electrons. The Morgan fingerprint density at radius 2 is 2.16 bits per heavy atom. The first kappa shape index (κ1) is 13.7. The highest BCUT2D eigenvalue weighted by Gasteiger charge is 2.26. The maximum absolute atomic E-state index is 12.4. The molecule has 1 fully saturated rings. The summed E-state index contributed by atoms with van der Waals surface area (Å²) in [6.07, 6.45) is 2.02. The first-order valence-electron chi connectivity index (χ1n) is 6.47. The Kier molecular flexibility index (Phi) is 3.95. The predicted octanol–water partition coefficient (Wildman–Crippen LogP) is 1.26. The first-order valence-corrected chi connectivity index (χ1v) is 6.47. The van der Waals surface area contributed by atoms with Gasteiger partial charge in [0, 0.05) is 19.6 Å². The third-order valence-corrected chi connectivity index (χ3v) is 3.71. The minimum absolute atomic E-state index is 0.146. The van der Waals surface area contributed by atoms with Gasteiger partial charge in [-0.1, -0.05) is 6.07 Å². The molecule has 0 aliphatic carbocycles. The topological polar surface area (TPSA) is 64.0 Å². The van der Waals surface area contributed by atoms with E-state index in [9.17, 15) is 15.0 Å². The summed E-state index contributed by atoms with van der Waals surface area (Å²) >= 11 is 0. The molecular weight excluding hydrogens is 244 g/mol.